The molecule has 1 aliphatic heterocycles. The number of amides is 2. The predicted octanol–water partition coefficient (Wildman–Crippen LogP) is 2.27. The smallest absolute Gasteiger partial charge is 0.220 e. The molecule has 0 spiro atoms. The first kappa shape index (κ1) is 18.5. The minimum absolute atomic E-state index is 0.0336. The van der Waals surface area contributed by atoms with Crippen LogP contribution in [0, 0.1) is 5.92 Å². The highest BCUT2D eigenvalue weighted by molar-refractivity contribution is 5.76. The largest absolute Gasteiger partial charge is 0.396 e. The molecule has 1 aromatic carbocycles. The highest BCUT2D eigenvalue weighted by Crippen LogP contribution is 2.22. The van der Waals surface area contributed by atoms with Gasteiger partial charge in [-0.1, -0.05) is 30.3 Å². The highest BCUT2D eigenvalue weighted by Gasteiger charge is 2.22. The molecule has 5 heteroatoms. The van der Waals surface area contributed by atoms with E-state index in [0.717, 1.165) is 37.9 Å². The van der Waals surface area contributed by atoms with Gasteiger partial charge >= 0.3 is 0 Å². The van der Waals surface area contributed by atoms with Gasteiger partial charge in [-0.05, 0) is 37.2 Å². The van der Waals surface area contributed by atoms with Gasteiger partial charge in [-0.2, -0.15) is 0 Å². The summed E-state index contributed by atoms with van der Waals surface area (Å²) in [5.74, 6) is 0.687. The Morgan fingerprint density at radius 2 is 1.92 bits per heavy atom. The summed E-state index contributed by atoms with van der Waals surface area (Å²) in [6.45, 7) is 3.26. The average molecular weight is 332 g/mol. The number of carbonyl (C=O) groups is 2. The van der Waals surface area contributed by atoms with Crippen LogP contribution in [0.5, 0.6) is 0 Å². The van der Waals surface area contributed by atoms with Crippen molar-refractivity contribution in [2.24, 2.45) is 5.92 Å². The van der Waals surface area contributed by atoms with Crippen LogP contribution in [0.2, 0.25) is 0 Å². The summed E-state index contributed by atoms with van der Waals surface area (Å²) in [7, 11) is 0. The van der Waals surface area contributed by atoms with Gasteiger partial charge in [0.2, 0.25) is 11.8 Å². The maximum absolute atomic E-state index is 12.3. The predicted molar refractivity (Wildman–Crippen MR) is 93.2 cm³/mol. The minimum Gasteiger partial charge on any atom is -0.396 e. The lowest BCUT2D eigenvalue weighted by Crippen LogP contribution is -2.37. The standard InChI is InChI=1S/C19H28N2O3/c1-15(23)21-12-9-16(10-13-21)7-8-19(24)20-18(11-14-22)17-5-3-2-4-6-17/h2-6,16,18,22H,7-14H2,1H3,(H,20,24). The molecular weight excluding hydrogens is 304 g/mol. The summed E-state index contributed by atoms with van der Waals surface area (Å²) >= 11 is 0. The molecule has 1 aliphatic rings. The Bertz CT molecular complexity index is 525. The molecule has 0 aromatic heterocycles. The maximum Gasteiger partial charge on any atom is 0.220 e. The molecule has 2 rings (SSSR count). The van der Waals surface area contributed by atoms with Crippen LogP contribution in [0.25, 0.3) is 0 Å². The van der Waals surface area contributed by atoms with E-state index in [1.54, 1.807) is 6.92 Å². The van der Waals surface area contributed by atoms with Crippen molar-refractivity contribution in [1.29, 1.82) is 0 Å². The zero-order chi connectivity index (χ0) is 17.4. The van der Waals surface area contributed by atoms with E-state index in [1.165, 1.54) is 0 Å². The van der Waals surface area contributed by atoms with Crippen LogP contribution < -0.4 is 5.32 Å². The third-order valence-electron chi connectivity index (χ3n) is 4.79. The molecule has 1 saturated heterocycles. The number of carbonyl (C=O) groups excluding carboxylic acids is 2. The summed E-state index contributed by atoms with van der Waals surface area (Å²) in [6.07, 6.45) is 3.84. The molecule has 2 amide bonds. The molecule has 0 saturated carbocycles. The fourth-order valence-corrected chi connectivity index (χ4v) is 3.27. The van der Waals surface area contributed by atoms with Gasteiger partial charge in [-0.25, -0.2) is 0 Å². The molecule has 0 bridgehead atoms. The first-order valence-corrected chi connectivity index (χ1v) is 8.81. The lowest BCUT2D eigenvalue weighted by Gasteiger charge is -2.31. The fourth-order valence-electron chi connectivity index (χ4n) is 3.27. The Balaban J connectivity index is 1.77. The van der Waals surface area contributed by atoms with Gasteiger partial charge in [0.05, 0.1) is 6.04 Å². The summed E-state index contributed by atoms with van der Waals surface area (Å²) in [4.78, 5) is 25.5. The number of aliphatic hydroxyl groups is 1. The summed E-state index contributed by atoms with van der Waals surface area (Å²) in [5.41, 5.74) is 1.02. The van der Waals surface area contributed by atoms with E-state index in [0.29, 0.717) is 18.8 Å². The van der Waals surface area contributed by atoms with Crippen LogP contribution >= 0.6 is 0 Å². The molecule has 1 unspecified atom stereocenters. The van der Waals surface area contributed by atoms with Crippen LogP contribution in [-0.4, -0.2) is 41.5 Å². The van der Waals surface area contributed by atoms with Crippen molar-refractivity contribution in [2.75, 3.05) is 19.7 Å². The van der Waals surface area contributed by atoms with Gasteiger partial charge in [0, 0.05) is 33.0 Å². The van der Waals surface area contributed by atoms with Crippen LogP contribution in [-0.2, 0) is 9.59 Å². The third-order valence-corrected chi connectivity index (χ3v) is 4.79. The van der Waals surface area contributed by atoms with E-state index < -0.39 is 0 Å². The number of hydrogen-bond acceptors (Lipinski definition) is 3. The SMILES string of the molecule is CC(=O)N1CCC(CCC(=O)NC(CCO)c2ccccc2)CC1. The van der Waals surface area contributed by atoms with Crippen LogP contribution in [0.4, 0.5) is 0 Å². The molecule has 0 radical (unpaired) electrons. The van der Waals surface area contributed by atoms with Crippen molar-refractivity contribution in [2.45, 2.75) is 45.1 Å². The fraction of sp³-hybridized carbons (Fsp3) is 0.579. The summed E-state index contributed by atoms with van der Waals surface area (Å²) in [5, 5.41) is 12.3. The number of hydrogen-bond donors (Lipinski definition) is 2. The van der Waals surface area contributed by atoms with Crippen molar-refractivity contribution in [3.63, 3.8) is 0 Å². The number of likely N-dealkylation sites (tertiary alicyclic amines) is 1. The van der Waals surface area contributed by atoms with Crippen LogP contribution in [0.3, 0.4) is 0 Å². The second-order valence-corrected chi connectivity index (χ2v) is 6.53. The van der Waals surface area contributed by atoms with Crippen molar-refractivity contribution in [1.82, 2.24) is 10.2 Å². The lowest BCUT2D eigenvalue weighted by molar-refractivity contribution is -0.130. The second-order valence-electron chi connectivity index (χ2n) is 6.53. The molecule has 24 heavy (non-hydrogen) atoms. The maximum atomic E-state index is 12.3. The van der Waals surface area contributed by atoms with Crippen LogP contribution in [0.1, 0.15) is 50.6 Å². The Kier molecular flexibility index (Phi) is 7.25. The molecule has 0 aliphatic carbocycles. The molecule has 1 heterocycles. The van der Waals surface area contributed by atoms with E-state index in [4.69, 9.17) is 0 Å². The lowest BCUT2D eigenvalue weighted by atomic mass is 9.92. The molecule has 132 valence electrons. The number of aliphatic hydroxyl groups excluding tert-OH is 1. The van der Waals surface area contributed by atoms with Gasteiger partial charge in [0.15, 0.2) is 0 Å². The zero-order valence-electron chi connectivity index (χ0n) is 14.4. The van der Waals surface area contributed by atoms with Crippen molar-refractivity contribution in [3.05, 3.63) is 35.9 Å². The van der Waals surface area contributed by atoms with Gasteiger partial charge < -0.3 is 15.3 Å². The van der Waals surface area contributed by atoms with E-state index in [2.05, 4.69) is 5.32 Å². The van der Waals surface area contributed by atoms with Crippen LogP contribution in [0.15, 0.2) is 30.3 Å². The molecule has 1 atom stereocenters. The molecule has 5 nitrogen and oxygen atoms in total. The van der Waals surface area contributed by atoms with E-state index in [9.17, 15) is 14.7 Å². The number of benzene rings is 1. The Morgan fingerprint density at radius 1 is 1.25 bits per heavy atom. The number of piperidine rings is 1. The van der Waals surface area contributed by atoms with E-state index in [-0.39, 0.29) is 24.5 Å². The topological polar surface area (TPSA) is 69.6 Å². The normalized spacial score (nSPS) is 16.7. The minimum atomic E-state index is -0.136. The van der Waals surface area contributed by atoms with Gasteiger partial charge in [0.25, 0.3) is 0 Å². The molecule has 2 N–H and O–H groups in total. The van der Waals surface area contributed by atoms with Gasteiger partial charge in [-0.3, -0.25) is 9.59 Å². The Labute approximate surface area is 144 Å². The van der Waals surface area contributed by atoms with E-state index in [1.807, 2.05) is 35.2 Å². The quantitative estimate of drug-likeness (QED) is 0.805. The zero-order valence-corrected chi connectivity index (χ0v) is 14.4. The van der Waals surface area contributed by atoms with E-state index >= 15 is 0 Å². The van der Waals surface area contributed by atoms with Crippen molar-refractivity contribution >= 4 is 11.8 Å². The average Bonchev–Trinajstić information content (AvgIpc) is 2.60. The highest BCUT2D eigenvalue weighted by atomic mass is 16.3. The Morgan fingerprint density at radius 3 is 2.50 bits per heavy atom. The molecule has 1 aromatic rings. The third kappa shape index (κ3) is 5.64. The summed E-state index contributed by atoms with van der Waals surface area (Å²) in [6, 6.07) is 9.62. The monoisotopic (exact) mass is 332 g/mol. The molecular formula is C19H28N2O3. The first-order valence-electron chi connectivity index (χ1n) is 8.81. The van der Waals surface area contributed by atoms with Crippen molar-refractivity contribution in [3.8, 4) is 0 Å². The van der Waals surface area contributed by atoms with Gasteiger partial charge in [-0.15, -0.1) is 0 Å². The summed E-state index contributed by atoms with van der Waals surface area (Å²) < 4.78 is 0. The Hall–Kier alpha value is -1.88. The number of nitrogens with one attached hydrogen (secondary N) is 1. The first-order chi connectivity index (χ1) is 11.6. The molecule has 1 fully saturated rings. The van der Waals surface area contributed by atoms with Gasteiger partial charge in [0.1, 0.15) is 0 Å². The van der Waals surface area contributed by atoms with Crippen molar-refractivity contribution < 1.29 is 14.7 Å². The second kappa shape index (κ2) is 9.42. The number of nitrogens with zero attached hydrogens (tertiary/aromatic N) is 1. The number of rotatable bonds is 7.